The summed E-state index contributed by atoms with van der Waals surface area (Å²) in [4.78, 5) is 4.04. The van der Waals surface area contributed by atoms with Crippen LogP contribution in [0.2, 0.25) is 0 Å². The highest BCUT2D eigenvalue weighted by atomic mass is 32.2. The molecule has 0 bridgehead atoms. The second-order valence-corrected chi connectivity index (χ2v) is 6.05. The fraction of sp³-hybridized carbons (Fsp3) is 0.583. The Morgan fingerprint density at radius 2 is 2.21 bits per heavy atom. The molecule has 1 rings (SSSR count). The van der Waals surface area contributed by atoms with E-state index in [1.807, 2.05) is 13.8 Å². The molecule has 0 aliphatic heterocycles. The smallest absolute Gasteiger partial charge is 0.244 e. The topological polar surface area (TPSA) is 80.3 Å². The lowest BCUT2D eigenvalue weighted by Crippen LogP contribution is -2.30. The molecule has 7 heteroatoms. The van der Waals surface area contributed by atoms with Crippen LogP contribution in [-0.4, -0.2) is 40.2 Å². The molecule has 0 saturated carbocycles. The minimum Gasteiger partial charge on any atom is -0.384 e. The summed E-state index contributed by atoms with van der Waals surface area (Å²) in [5.74, 6) is 0.110. The van der Waals surface area contributed by atoms with Crippen LogP contribution in [0.1, 0.15) is 13.8 Å². The van der Waals surface area contributed by atoms with Gasteiger partial charge in [-0.3, -0.25) is 4.98 Å². The number of anilines is 1. The molecule has 0 saturated heterocycles. The van der Waals surface area contributed by atoms with Crippen molar-refractivity contribution in [2.45, 2.75) is 18.7 Å². The normalized spacial score (nSPS) is 13.2. The molecule has 6 nitrogen and oxygen atoms in total. The van der Waals surface area contributed by atoms with Crippen molar-refractivity contribution in [2.75, 3.05) is 32.1 Å². The van der Waals surface area contributed by atoms with Crippen molar-refractivity contribution in [2.24, 2.45) is 5.92 Å². The Hall–Kier alpha value is -1.18. The fourth-order valence-electron chi connectivity index (χ4n) is 1.60. The van der Waals surface area contributed by atoms with Gasteiger partial charge in [-0.2, -0.15) is 0 Å². The quantitative estimate of drug-likeness (QED) is 0.747. The first-order valence-electron chi connectivity index (χ1n) is 6.17. The molecule has 0 aliphatic rings. The van der Waals surface area contributed by atoms with Gasteiger partial charge in [-0.1, -0.05) is 6.92 Å². The summed E-state index contributed by atoms with van der Waals surface area (Å²) in [6, 6.07) is 1.65. The van der Waals surface area contributed by atoms with Crippen LogP contribution in [0, 0.1) is 5.92 Å². The molecule has 2 N–H and O–H groups in total. The maximum Gasteiger partial charge on any atom is 0.244 e. The molecule has 108 valence electrons. The molecule has 0 fully saturated rings. The largest absolute Gasteiger partial charge is 0.384 e. The molecule has 1 aromatic heterocycles. The molecular formula is C12H21N3O3S. The van der Waals surface area contributed by atoms with Gasteiger partial charge >= 0.3 is 0 Å². The Bertz CT molecular complexity index is 491. The molecule has 1 atom stereocenters. The highest BCUT2D eigenvalue weighted by molar-refractivity contribution is 7.89. The van der Waals surface area contributed by atoms with E-state index in [0.29, 0.717) is 25.4 Å². The second kappa shape index (κ2) is 7.42. The predicted molar refractivity (Wildman–Crippen MR) is 74.6 cm³/mol. The van der Waals surface area contributed by atoms with Crippen molar-refractivity contribution >= 4 is 15.7 Å². The van der Waals surface area contributed by atoms with Gasteiger partial charge in [0.1, 0.15) is 4.90 Å². The van der Waals surface area contributed by atoms with Gasteiger partial charge in [0.05, 0.1) is 5.69 Å². The van der Waals surface area contributed by atoms with Crippen LogP contribution in [0.4, 0.5) is 5.69 Å². The third kappa shape index (κ3) is 4.77. The summed E-state index contributed by atoms with van der Waals surface area (Å²) in [7, 11) is -1.96. The van der Waals surface area contributed by atoms with Crippen molar-refractivity contribution < 1.29 is 13.2 Å². The van der Waals surface area contributed by atoms with Gasteiger partial charge in [-0.15, -0.1) is 0 Å². The maximum atomic E-state index is 12.2. The van der Waals surface area contributed by atoms with E-state index in [1.54, 1.807) is 19.4 Å². The molecule has 0 aromatic carbocycles. The molecule has 0 amide bonds. The van der Waals surface area contributed by atoms with E-state index >= 15 is 0 Å². The Morgan fingerprint density at radius 3 is 2.84 bits per heavy atom. The molecule has 0 aliphatic carbocycles. The summed E-state index contributed by atoms with van der Waals surface area (Å²) in [6.07, 6.45) is 2.91. The number of methoxy groups -OCH3 is 1. The Balaban J connectivity index is 2.82. The van der Waals surface area contributed by atoms with Crippen LogP contribution < -0.4 is 10.0 Å². The Labute approximate surface area is 114 Å². The van der Waals surface area contributed by atoms with Gasteiger partial charge in [0.2, 0.25) is 10.0 Å². The van der Waals surface area contributed by atoms with Gasteiger partial charge in [-0.25, -0.2) is 13.1 Å². The van der Waals surface area contributed by atoms with Crippen molar-refractivity contribution in [3.8, 4) is 0 Å². The van der Waals surface area contributed by atoms with Crippen LogP contribution in [0.25, 0.3) is 0 Å². The monoisotopic (exact) mass is 287 g/mol. The van der Waals surface area contributed by atoms with Crippen LogP contribution >= 0.6 is 0 Å². The fourth-order valence-corrected chi connectivity index (χ4v) is 2.89. The van der Waals surface area contributed by atoms with Crippen molar-refractivity contribution in [3.05, 3.63) is 18.5 Å². The molecule has 0 radical (unpaired) electrons. The van der Waals surface area contributed by atoms with E-state index in [4.69, 9.17) is 4.74 Å². The second-order valence-electron chi connectivity index (χ2n) is 4.31. The van der Waals surface area contributed by atoms with Crippen LogP contribution in [0.3, 0.4) is 0 Å². The number of sulfonamides is 1. The van der Waals surface area contributed by atoms with Gasteiger partial charge in [-0.05, 0) is 18.9 Å². The molecule has 1 heterocycles. The van der Waals surface area contributed by atoms with E-state index in [9.17, 15) is 8.42 Å². The number of ether oxygens (including phenoxy) is 1. The van der Waals surface area contributed by atoms with Gasteiger partial charge in [0.15, 0.2) is 0 Å². The van der Waals surface area contributed by atoms with Gasteiger partial charge in [0.25, 0.3) is 0 Å². The summed E-state index contributed by atoms with van der Waals surface area (Å²) in [5, 5.41) is 3.01. The number of nitrogens with one attached hydrogen (secondary N) is 2. The van der Waals surface area contributed by atoms with Crippen molar-refractivity contribution in [1.82, 2.24) is 9.71 Å². The number of pyridine rings is 1. The van der Waals surface area contributed by atoms with Crippen LogP contribution in [0.5, 0.6) is 0 Å². The third-order valence-corrected chi connectivity index (χ3v) is 3.97. The molecule has 19 heavy (non-hydrogen) atoms. The van der Waals surface area contributed by atoms with Crippen LogP contribution in [0.15, 0.2) is 23.4 Å². The average Bonchev–Trinajstić information content (AvgIpc) is 2.38. The molecule has 0 spiro atoms. The number of nitrogens with zero attached hydrogens (tertiary/aromatic N) is 1. The van der Waals surface area contributed by atoms with E-state index in [2.05, 4.69) is 15.0 Å². The lowest BCUT2D eigenvalue weighted by Gasteiger charge is -2.14. The number of aromatic nitrogens is 1. The predicted octanol–water partition coefficient (Wildman–Crippen LogP) is 1.07. The summed E-state index contributed by atoms with van der Waals surface area (Å²) in [5.41, 5.74) is 0.560. The Kier molecular flexibility index (Phi) is 6.20. The SMILES string of the molecule is CCNc1ccncc1S(=O)(=O)NCC(C)COC. The highest BCUT2D eigenvalue weighted by Gasteiger charge is 2.19. The van der Waals surface area contributed by atoms with Crippen LogP contribution in [-0.2, 0) is 14.8 Å². The minimum absolute atomic E-state index is 0.110. The average molecular weight is 287 g/mol. The standard InChI is InChI=1S/C12H21N3O3S/c1-4-14-11-5-6-13-8-12(11)19(16,17)15-7-10(2)9-18-3/h5-6,8,10,15H,4,7,9H2,1-3H3,(H,13,14). The zero-order chi connectivity index (χ0) is 14.3. The number of hydrogen-bond donors (Lipinski definition) is 2. The highest BCUT2D eigenvalue weighted by Crippen LogP contribution is 2.19. The van der Waals surface area contributed by atoms with Gasteiger partial charge < -0.3 is 10.1 Å². The van der Waals surface area contributed by atoms with E-state index < -0.39 is 10.0 Å². The third-order valence-electron chi connectivity index (χ3n) is 2.51. The zero-order valence-electron chi connectivity index (χ0n) is 11.5. The summed E-state index contributed by atoms with van der Waals surface area (Å²) < 4.78 is 32.0. The summed E-state index contributed by atoms with van der Waals surface area (Å²) in [6.45, 7) is 5.31. The van der Waals surface area contributed by atoms with E-state index in [1.165, 1.54) is 6.20 Å². The first kappa shape index (κ1) is 15.9. The van der Waals surface area contributed by atoms with Gasteiger partial charge in [0, 0.05) is 39.2 Å². The molecular weight excluding hydrogens is 266 g/mol. The van der Waals surface area contributed by atoms with Crippen molar-refractivity contribution in [1.29, 1.82) is 0 Å². The van der Waals surface area contributed by atoms with E-state index in [0.717, 1.165) is 0 Å². The Morgan fingerprint density at radius 1 is 1.47 bits per heavy atom. The number of rotatable bonds is 8. The maximum absolute atomic E-state index is 12.2. The summed E-state index contributed by atoms with van der Waals surface area (Å²) >= 11 is 0. The molecule has 1 unspecified atom stereocenters. The van der Waals surface area contributed by atoms with Crippen molar-refractivity contribution in [3.63, 3.8) is 0 Å². The lowest BCUT2D eigenvalue weighted by molar-refractivity contribution is 0.161. The zero-order valence-corrected chi connectivity index (χ0v) is 12.3. The minimum atomic E-state index is -3.56. The first-order valence-corrected chi connectivity index (χ1v) is 7.66. The molecule has 1 aromatic rings. The lowest BCUT2D eigenvalue weighted by atomic mass is 10.2. The first-order chi connectivity index (χ1) is 9.01. The number of hydrogen-bond acceptors (Lipinski definition) is 5. The van der Waals surface area contributed by atoms with E-state index in [-0.39, 0.29) is 10.8 Å².